The van der Waals surface area contributed by atoms with Crippen molar-refractivity contribution in [2.45, 2.75) is 13.0 Å². The molecule has 3 aromatic rings. The zero-order valence-electron chi connectivity index (χ0n) is 15.4. The van der Waals surface area contributed by atoms with Crippen LogP contribution in [-0.4, -0.2) is 24.5 Å². The molecule has 0 aliphatic rings. The van der Waals surface area contributed by atoms with Crippen LogP contribution in [0.5, 0.6) is 11.5 Å². The minimum absolute atomic E-state index is 0.253. The van der Waals surface area contributed by atoms with Crippen molar-refractivity contribution in [3.8, 4) is 11.5 Å². The summed E-state index contributed by atoms with van der Waals surface area (Å²) >= 11 is 11.8. The zero-order chi connectivity index (χ0) is 20.8. The monoisotopic (exact) mass is 432 g/mol. The molecular formula is C21H18Cl2N2O4. The SMILES string of the molecule is C[C@@H](Oc1ccc(Cl)cc1Cl)C(=O)NNC(=O)COc1ccc2ccccc2c1. The number of carbonyl (C=O) groups excluding carboxylic acids is 2. The Balaban J connectivity index is 1.45. The van der Waals surface area contributed by atoms with Gasteiger partial charge in [0.2, 0.25) is 0 Å². The van der Waals surface area contributed by atoms with Gasteiger partial charge in [0.25, 0.3) is 11.8 Å². The maximum atomic E-state index is 12.1. The molecule has 0 bridgehead atoms. The molecule has 0 heterocycles. The third kappa shape index (κ3) is 5.76. The molecule has 0 aliphatic carbocycles. The van der Waals surface area contributed by atoms with Crippen molar-refractivity contribution in [2.75, 3.05) is 6.61 Å². The Morgan fingerprint density at radius 3 is 2.48 bits per heavy atom. The number of fused-ring (bicyclic) bond motifs is 1. The van der Waals surface area contributed by atoms with E-state index in [-0.39, 0.29) is 11.6 Å². The maximum Gasteiger partial charge on any atom is 0.279 e. The fourth-order valence-corrected chi connectivity index (χ4v) is 2.94. The molecule has 150 valence electrons. The Hall–Kier alpha value is -2.96. The third-order valence-electron chi connectivity index (χ3n) is 3.98. The van der Waals surface area contributed by atoms with Crippen LogP contribution in [0.2, 0.25) is 10.0 Å². The Morgan fingerprint density at radius 2 is 1.72 bits per heavy atom. The predicted molar refractivity (Wildman–Crippen MR) is 112 cm³/mol. The summed E-state index contributed by atoms with van der Waals surface area (Å²) in [4.78, 5) is 24.0. The van der Waals surface area contributed by atoms with E-state index in [0.29, 0.717) is 16.5 Å². The lowest BCUT2D eigenvalue weighted by molar-refractivity contribution is -0.133. The molecule has 2 amide bonds. The van der Waals surface area contributed by atoms with E-state index in [1.165, 1.54) is 13.0 Å². The van der Waals surface area contributed by atoms with Crippen molar-refractivity contribution in [1.29, 1.82) is 0 Å². The quantitative estimate of drug-likeness (QED) is 0.573. The summed E-state index contributed by atoms with van der Waals surface area (Å²) in [5.74, 6) is -0.192. The van der Waals surface area contributed by atoms with Gasteiger partial charge in [0, 0.05) is 5.02 Å². The van der Waals surface area contributed by atoms with Crippen LogP contribution >= 0.6 is 23.2 Å². The number of rotatable bonds is 6. The number of carbonyl (C=O) groups is 2. The van der Waals surface area contributed by atoms with E-state index in [9.17, 15) is 9.59 Å². The first-order valence-electron chi connectivity index (χ1n) is 8.74. The van der Waals surface area contributed by atoms with E-state index in [1.807, 2.05) is 36.4 Å². The van der Waals surface area contributed by atoms with Crippen LogP contribution in [0.1, 0.15) is 6.92 Å². The molecular weight excluding hydrogens is 415 g/mol. The molecule has 0 fully saturated rings. The van der Waals surface area contributed by atoms with Gasteiger partial charge in [-0.1, -0.05) is 53.5 Å². The fraction of sp³-hybridized carbons (Fsp3) is 0.143. The largest absolute Gasteiger partial charge is 0.484 e. The molecule has 8 heteroatoms. The molecule has 0 spiro atoms. The molecule has 1 atom stereocenters. The Labute approximate surface area is 177 Å². The Kier molecular flexibility index (Phi) is 6.80. The number of nitrogens with one attached hydrogen (secondary N) is 2. The first kappa shape index (κ1) is 20.8. The van der Waals surface area contributed by atoms with Crippen molar-refractivity contribution in [3.63, 3.8) is 0 Å². The van der Waals surface area contributed by atoms with Gasteiger partial charge in [0.1, 0.15) is 11.5 Å². The van der Waals surface area contributed by atoms with Crippen molar-refractivity contribution in [3.05, 3.63) is 70.7 Å². The molecule has 0 aromatic heterocycles. The van der Waals surface area contributed by atoms with Gasteiger partial charge < -0.3 is 9.47 Å². The van der Waals surface area contributed by atoms with Gasteiger partial charge in [-0.3, -0.25) is 20.4 Å². The number of benzene rings is 3. The summed E-state index contributed by atoms with van der Waals surface area (Å²) in [5.41, 5.74) is 4.57. The smallest absolute Gasteiger partial charge is 0.279 e. The predicted octanol–water partition coefficient (Wildman–Crippen LogP) is 4.14. The van der Waals surface area contributed by atoms with E-state index < -0.39 is 17.9 Å². The first-order valence-corrected chi connectivity index (χ1v) is 9.50. The number of amides is 2. The van der Waals surface area contributed by atoms with Gasteiger partial charge >= 0.3 is 0 Å². The highest BCUT2D eigenvalue weighted by Gasteiger charge is 2.17. The molecule has 2 N–H and O–H groups in total. The lowest BCUT2D eigenvalue weighted by Gasteiger charge is -2.16. The molecule has 0 aliphatic heterocycles. The van der Waals surface area contributed by atoms with Gasteiger partial charge in [-0.05, 0) is 48.0 Å². The van der Waals surface area contributed by atoms with E-state index >= 15 is 0 Å². The van der Waals surface area contributed by atoms with Crippen LogP contribution in [0.15, 0.2) is 60.7 Å². The van der Waals surface area contributed by atoms with Crippen LogP contribution in [0.25, 0.3) is 10.8 Å². The van der Waals surface area contributed by atoms with Crippen molar-refractivity contribution in [1.82, 2.24) is 10.9 Å². The lowest BCUT2D eigenvalue weighted by Crippen LogP contribution is -2.48. The van der Waals surface area contributed by atoms with E-state index in [1.54, 1.807) is 18.2 Å². The third-order valence-corrected chi connectivity index (χ3v) is 4.51. The van der Waals surface area contributed by atoms with Crippen LogP contribution in [-0.2, 0) is 9.59 Å². The fourth-order valence-electron chi connectivity index (χ4n) is 2.49. The van der Waals surface area contributed by atoms with Crippen molar-refractivity contribution in [2.24, 2.45) is 0 Å². The van der Waals surface area contributed by atoms with Gasteiger partial charge in [-0.15, -0.1) is 0 Å². The second kappa shape index (κ2) is 9.49. The average molecular weight is 433 g/mol. The standard InChI is InChI=1S/C21H18Cl2N2O4/c1-13(29-19-9-7-16(22)11-18(19)23)21(27)25-24-20(26)12-28-17-8-6-14-4-2-3-5-15(14)10-17/h2-11,13H,12H2,1H3,(H,24,26)(H,25,27)/t13-/m1/s1. The summed E-state index contributed by atoms with van der Waals surface area (Å²) in [7, 11) is 0. The summed E-state index contributed by atoms with van der Waals surface area (Å²) < 4.78 is 10.9. The van der Waals surface area contributed by atoms with E-state index in [2.05, 4.69) is 10.9 Å². The number of hydrogen-bond donors (Lipinski definition) is 2. The molecule has 0 unspecified atom stereocenters. The van der Waals surface area contributed by atoms with Crippen LogP contribution in [0, 0.1) is 0 Å². The molecule has 0 radical (unpaired) electrons. The van der Waals surface area contributed by atoms with Crippen molar-refractivity contribution >= 4 is 45.8 Å². The molecule has 3 rings (SSSR count). The minimum Gasteiger partial charge on any atom is -0.484 e. The minimum atomic E-state index is -0.893. The second-order valence-corrected chi connectivity index (χ2v) is 7.01. The number of ether oxygens (including phenoxy) is 2. The van der Waals surface area contributed by atoms with Gasteiger partial charge in [-0.25, -0.2) is 0 Å². The number of hydrogen-bond acceptors (Lipinski definition) is 4. The zero-order valence-corrected chi connectivity index (χ0v) is 17.0. The molecule has 6 nitrogen and oxygen atoms in total. The summed E-state index contributed by atoms with van der Waals surface area (Å²) in [6.45, 7) is 1.27. The Bertz CT molecular complexity index is 1040. The van der Waals surface area contributed by atoms with Gasteiger partial charge in [-0.2, -0.15) is 0 Å². The first-order chi connectivity index (χ1) is 13.9. The summed E-state index contributed by atoms with van der Waals surface area (Å²) in [6.07, 6.45) is -0.893. The normalized spacial score (nSPS) is 11.6. The van der Waals surface area contributed by atoms with Crippen molar-refractivity contribution < 1.29 is 19.1 Å². The topological polar surface area (TPSA) is 76.7 Å². The highest BCUT2D eigenvalue weighted by Crippen LogP contribution is 2.28. The van der Waals surface area contributed by atoms with Crippen LogP contribution in [0.4, 0.5) is 0 Å². The van der Waals surface area contributed by atoms with Gasteiger partial charge in [0.05, 0.1) is 5.02 Å². The molecule has 0 saturated carbocycles. The molecule has 29 heavy (non-hydrogen) atoms. The van der Waals surface area contributed by atoms with Crippen LogP contribution in [0.3, 0.4) is 0 Å². The second-order valence-electron chi connectivity index (χ2n) is 6.17. The summed E-state index contributed by atoms with van der Waals surface area (Å²) in [6, 6.07) is 18.0. The lowest BCUT2D eigenvalue weighted by atomic mass is 10.1. The molecule has 3 aromatic carbocycles. The number of halogens is 2. The highest BCUT2D eigenvalue weighted by molar-refractivity contribution is 6.35. The van der Waals surface area contributed by atoms with Gasteiger partial charge in [0.15, 0.2) is 12.7 Å². The van der Waals surface area contributed by atoms with E-state index in [0.717, 1.165) is 10.8 Å². The highest BCUT2D eigenvalue weighted by atomic mass is 35.5. The van der Waals surface area contributed by atoms with E-state index in [4.69, 9.17) is 32.7 Å². The van der Waals surface area contributed by atoms with Crippen LogP contribution < -0.4 is 20.3 Å². The average Bonchev–Trinajstić information content (AvgIpc) is 2.72. The molecule has 0 saturated heterocycles. The maximum absolute atomic E-state index is 12.1. The summed E-state index contributed by atoms with van der Waals surface area (Å²) in [5, 5.41) is 2.82. The number of hydrazine groups is 1. The Morgan fingerprint density at radius 1 is 0.966 bits per heavy atom.